The lowest BCUT2D eigenvalue weighted by atomic mass is 10.2. The molecule has 0 aliphatic carbocycles. The first-order chi connectivity index (χ1) is 14.0. The van der Waals surface area contributed by atoms with Gasteiger partial charge in [-0.3, -0.25) is 14.2 Å². The third kappa shape index (κ3) is 4.14. The molecule has 2 heterocycles. The molecule has 2 aromatic carbocycles. The summed E-state index contributed by atoms with van der Waals surface area (Å²) in [7, 11) is 1.68. The van der Waals surface area contributed by atoms with Crippen molar-refractivity contribution in [2.45, 2.75) is 13.1 Å². The minimum absolute atomic E-state index is 0.0759. The summed E-state index contributed by atoms with van der Waals surface area (Å²) in [6, 6.07) is 18.6. The van der Waals surface area contributed by atoms with Crippen molar-refractivity contribution >= 4 is 32.7 Å². The molecule has 1 amide bonds. The fraction of sp³-hybridized carbons (Fsp3) is 0.136. The molecular weight excluding hydrogens is 434 g/mol. The SMILES string of the molecule is CN(Cc1ccc(-c2ccc(Br)cc2)o1)C(=O)Cn1cnc2ccccc2c1=O. The maximum Gasteiger partial charge on any atom is 0.261 e. The topological polar surface area (TPSA) is 68.3 Å². The summed E-state index contributed by atoms with van der Waals surface area (Å²) < 4.78 is 8.20. The van der Waals surface area contributed by atoms with Crippen LogP contribution in [0.4, 0.5) is 0 Å². The van der Waals surface area contributed by atoms with Crippen LogP contribution in [0.25, 0.3) is 22.2 Å². The fourth-order valence-corrected chi connectivity index (χ4v) is 3.30. The maximum absolute atomic E-state index is 12.6. The van der Waals surface area contributed by atoms with Gasteiger partial charge in [0.2, 0.25) is 5.91 Å². The van der Waals surface area contributed by atoms with Gasteiger partial charge in [0.25, 0.3) is 5.56 Å². The molecule has 4 rings (SSSR count). The van der Waals surface area contributed by atoms with E-state index in [9.17, 15) is 9.59 Å². The lowest BCUT2D eigenvalue weighted by Crippen LogP contribution is -2.33. The Balaban J connectivity index is 1.46. The number of aromatic nitrogens is 2. The van der Waals surface area contributed by atoms with Gasteiger partial charge in [-0.25, -0.2) is 4.98 Å². The molecule has 0 N–H and O–H groups in total. The number of carbonyl (C=O) groups excluding carboxylic acids is 1. The van der Waals surface area contributed by atoms with Crippen LogP contribution in [0.2, 0.25) is 0 Å². The van der Waals surface area contributed by atoms with Gasteiger partial charge in [0.05, 0.1) is 23.8 Å². The first-order valence-corrected chi connectivity index (χ1v) is 9.83. The van der Waals surface area contributed by atoms with Crippen molar-refractivity contribution in [3.63, 3.8) is 0 Å². The van der Waals surface area contributed by atoms with Gasteiger partial charge in [-0.15, -0.1) is 0 Å². The molecule has 0 saturated heterocycles. The van der Waals surface area contributed by atoms with Crippen LogP contribution in [0, 0.1) is 0 Å². The standard InChI is InChI=1S/C22H18BrN3O3/c1-25(12-17-10-11-20(29-17)15-6-8-16(23)9-7-15)21(27)13-26-14-24-19-5-3-2-4-18(19)22(26)28/h2-11,14H,12-13H2,1H3. The quantitative estimate of drug-likeness (QED) is 0.458. The van der Waals surface area contributed by atoms with Gasteiger partial charge in [-0.1, -0.05) is 40.2 Å². The van der Waals surface area contributed by atoms with Crippen LogP contribution < -0.4 is 5.56 Å². The molecule has 0 aliphatic heterocycles. The smallest absolute Gasteiger partial charge is 0.261 e. The number of benzene rings is 2. The lowest BCUT2D eigenvalue weighted by Gasteiger charge is -2.16. The molecule has 0 saturated carbocycles. The number of amides is 1. The van der Waals surface area contributed by atoms with Gasteiger partial charge >= 0.3 is 0 Å². The normalized spacial score (nSPS) is 11.0. The van der Waals surface area contributed by atoms with Gasteiger partial charge in [0, 0.05) is 17.1 Å². The molecule has 0 fully saturated rings. The number of likely N-dealkylation sites (N-methyl/N-ethyl adjacent to an activating group) is 1. The maximum atomic E-state index is 12.6. The number of hydrogen-bond acceptors (Lipinski definition) is 4. The van der Waals surface area contributed by atoms with Gasteiger partial charge in [-0.05, 0) is 36.4 Å². The van der Waals surface area contributed by atoms with E-state index >= 15 is 0 Å². The summed E-state index contributed by atoms with van der Waals surface area (Å²) >= 11 is 3.41. The Kier molecular flexibility index (Phi) is 5.31. The predicted octanol–water partition coefficient (Wildman–Crippen LogP) is 4.08. The highest BCUT2D eigenvalue weighted by atomic mass is 79.9. The van der Waals surface area contributed by atoms with E-state index < -0.39 is 0 Å². The number of carbonyl (C=O) groups is 1. The van der Waals surface area contributed by atoms with Crippen LogP contribution in [0.3, 0.4) is 0 Å². The fourth-order valence-electron chi connectivity index (χ4n) is 3.04. The molecule has 29 heavy (non-hydrogen) atoms. The minimum Gasteiger partial charge on any atom is -0.459 e. The largest absolute Gasteiger partial charge is 0.459 e. The number of nitrogens with zero attached hydrogens (tertiary/aromatic N) is 3. The van der Waals surface area contributed by atoms with Gasteiger partial charge in [-0.2, -0.15) is 0 Å². The van der Waals surface area contributed by atoms with Crippen LogP contribution in [0.5, 0.6) is 0 Å². The van der Waals surface area contributed by atoms with Gasteiger partial charge in [0.15, 0.2) is 0 Å². The Labute approximate surface area is 175 Å². The van der Waals surface area contributed by atoms with Crippen molar-refractivity contribution in [1.29, 1.82) is 0 Å². The number of para-hydroxylation sites is 1. The third-order valence-electron chi connectivity index (χ3n) is 4.65. The van der Waals surface area contributed by atoms with E-state index in [1.165, 1.54) is 15.8 Å². The highest BCUT2D eigenvalue weighted by molar-refractivity contribution is 9.10. The van der Waals surface area contributed by atoms with Crippen LogP contribution in [0.1, 0.15) is 5.76 Å². The average molecular weight is 452 g/mol. The minimum atomic E-state index is -0.229. The summed E-state index contributed by atoms with van der Waals surface area (Å²) in [5.74, 6) is 1.21. The van der Waals surface area contributed by atoms with E-state index in [1.54, 1.807) is 25.2 Å². The van der Waals surface area contributed by atoms with Crippen molar-refractivity contribution in [2.24, 2.45) is 0 Å². The zero-order valence-corrected chi connectivity index (χ0v) is 17.3. The van der Waals surface area contributed by atoms with Crippen LogP contribution in [-0.2, 0) is 17.9 Å². The van der Waals surface area contributed by atoms with Crippen molar-refractivity contribution in [3.05, 3.63) is 87.6 Å². The Morgan fingerprint density at radius 2 is 1.86 bits per heavy atom. The molecule has 0 radical (unpaired) electrons. The third-order valence-corrected chi connectivity index (χ3v) is 5.17. The highest BCUT2D eigenvalue weighted by Crippen LogP contribution is 2.24. The second-order valence-corrected chi connectivity index (χ2v) is 7.63. The van der Waals surface area contributed by atoms with Crippen molar-refractivity contribution in [2.75, 3.05) is 7.05 Å². The number of halogens is 1. The van der Waals surface area contributed by atoms with Crippen LogP contribution >= 0.6 is 15.9 Å². The molecule has 0 atom stereocenters. The van der Waals surface area contributed by atoms with Crippen molar-refractivity contribution < 1.29 is 9.21 Å². The monoisotopic (exact) mass is 451 g/mol. The first-order valence-electron chi connectivity index (χ1n) is 9.04. The number of rotatable bonds is 5. The second kappa shape index (κ2) is 8.05. The molecule has 0 unspecified atom stereocenters. The van der Waals surface area contributed by atoms with E-state index in [-0.39, 0.29) is 18.0 Å². The highest BCUT2D eigenvalue weighted by Gasteiger charge is 2.14. The van der Waals surface area contributed by atoms with Crippen LogP contribution in [-0.4, -0.2) is 27.4 Å². The molecule has 146 valence electrons. The molecular formula is C22H18BrN3O3. The molecule has 0 bridgehead atoms. The zero-order valence-electron chi connectivity index (χ0n) is 15.7. The molecule has 6 nitrogen and oxygen atoms in total. The van der Waals surface area contributed by atoms with E-state index in [0.29, 0.717) is 23.2 Å². The summed E-state index contributed by atoms with van der Waals surface area (Å²) in [6.45, 7) is 0.235. The molecule has 4 aromatic rings. The summed E-state index contributed by atoms with van der Waals surface area (Å²) in [5.41, 5.74) is 1.35. The Hall–Kier alpha value is -3.19. The van der Waals surface area contributed by atoms with E-state index in [0.717, 1.165) is 15.8 Å². The lowest BCUT2D eigenvalue weighted by molar-refractivity contribution is -0.131. The summed E-state index contributed by atoms with van der Waals surface area (Å²) in [6.07, 6.45) is 1.41. The predicted molar refractivity (Wildman–Crippen MR) is 114 cm³/mol. The number of furan rings is 1. The summed E-state index contributed by atoms with van der Waals surface area (Å²) in [5, 5.41) is 0.496. The van der Waals surface area contributed by atoms with Crippen molar-refractivity contribution in [3.8, 4) is 11.3 Å². The Morgan fingerprint density at radius 1 is 1.10 bits per heavy atom. The van der Waals surface area contributed by atoms with Gasteiger partial charge in [0.1, 0.15) is 18.1 Å². The van der Waals surface area contributed by atoms with Crippen molar-refractivity contribution in [1.82, 2.24) is 14.5 Å². The summed E-state index contributed by atoms with van der Waals surface area (Å²) in [4.78, 5) is 31.0. The molecule has 2 aromatic heterocycles. The number of fused-ring (bicyclic) bond motifs is 1. The number of hydrogen-bond donors (Lipinski definition) is 0. The van der Waals surface area contributed by atoms with E-state index in [2.05, 4.69) is 20.9 Å². The Bertz CT molecular complexity index is 1230. The Morgan fingerprint density at radius 3 is 2.66 bits per heavy atom. The van der Waals surface area contributed by atoms with Crippen LogP contribution in [0.15, 0.2) is 80.7 Å². The molecule has 7 heteroatoms. The molecule has 0 aliphatic rings. The zero-order chi connectivity index (χ0) is 20.4. The van der Waals surface area contributed by atoms with E-state index in [4.69, 9.17) is 4.42 Å². The second-order valence-electron chi connectivity index (χ2n) is 6.72. The first kappa shape index (κ1) is 19.1. The van der Waals surface area contributed by atoms with Gasteiger partial charge < -0.3 is 9.32 Å². The molecule has 0 spiro atoms. The average Bonchev–Trinajstić information content (AvgIpc) is 3.19. The van der Waals surface area contributed by atoms with E-state index in [1.807, 2.05) is 42.5 Å².